The van der Waals surface area contributed by atoms with E-state index in [-0.39, 0.29) is 5.78 Å². The Kier molecular flexibility index (Phi) is 8.31. The van der Waals surface area contributed by atoms with Crippen LogP contribution in [0.5, 0.6) is 0 Å². The zero-order chi connectivity index (χ0) is 28.4. The highest BCUT2D eigenvalue weighted by Gasteiger charge is 2.37. The number of fused-ring (bicyclic) bond motifs is 1. The largest absolute Gasteiger partial charge is 0.354 e. The van der Waals surface area contributed by atoms with Gasteiger partial charge in [-0.05, 0) is 63.1 Å². The highest BCUT2D eigenvalue weighted by molar-refractivity contribution is 7.90. The molecular formula is C28H35N7O3S2. The van der Waals surface area contributed by atoms with Crippen LogP contribution in [0.2, 0.25) is 0 Å². The number of pyridine rings is 1. The lowest BCUT2D eigenvalue weighted by Gasteiger charge is -2.39. The van der Waals surface area contributed by atoms with E-state index in [9.17, 15) is 13.2 Å². The Morgan fingerprint density at radius 1 is 1.18 bits per heavy atom. The van der Waals surface area contributed by atoms with Gasteiger partial charge in [0.25, 0.3) is 0 Å². The Bertz CT molecular complexity index is 1590. The van der Waals surface area contributed by atoms with Crippen molar-refractivity contribution in [1.29, 1.82) is 0 Å². The number of nitrogens with zero attached hydrogens (tertiary/aromatic N) is 6. The average Bonchev–Trinajstić information content (AvgIpc) is 3.61. The van der Waals surface area contributed by atoms with Gasteiger partial charge in [-0.2, -0.15) is 5.10 Å². The van der Waals surface area contributed by atoms with Crippen molar-refractivity contribution in [3.05, 3.63) is 53.7 Å². The second kappa shape index (κ2) is 11.7. The van der Waals surface area contributed by atoms with Crippen LogP contribution in [0.1, 0.15) is 44.0 Å². The number of nitrogens with one attached hydrogen (secondary N) is 1. The van der Waals surface area contributed by atoms with Gasteiger partial charge in [0, 0.05) is 37.3 Å². The molecule has 4 aromatic rings. The molecule has 0 bridgehead atoms. The molecule has 212 valence electrons. The monoisotopic (exact) mass is 581 g/mol. The Morgan fingerprint density at radius 3 is 2.62 bits per heavy atom. The summed E-state index contributed by atoms with van der Waals surface area (Å²) in [6, 6.07) is 9.82. The number of sulfonamides is 1. The summed E-state index contributed by atoms with van der Waals surface area (Å²) in [4.78, 5) is 28.5. The molecule has 5 rings (SSSR count). The average molecular weight is 582 g/mol. The van der Waals surface area contributed by atoms with Crippen molar-refractivity contribution in [1.82, 2.24) is 29.2 Å². The molecule has 1 N–H and O–H groups in total. The number of Topliss-reactive ketones (excluding diaryl/α,β-unsaturated/α-hetero) is 1. The fourth-order valence-corrected chi connectivity index (χ4v) is 6.87. The van der Waals surface area contributed by atoms with Gasteiger partial charge in [0.05, 0.1) is 28.0 Å². The minimum atomic E-state index is -3.38. The van der Waals surface area contributed by atoms with E-state index in [0.717, 1.165) is 30.1 Å². The first-order chi connectivity index (χ1) is 19.2. The third-order valence-electron chi connectivity index (χ3n) is 7.67. The summed E-state index contributed by atoms with van der Waals surface area (Å²) in [7, 11) is -1.96. The summed E-state index contributed by atoms with van der Waals surface area (Å²) in [5.74, 6) is 0.612. The lowest BCUT2D eigenvalue weighted by molar-refractivity contribution is 0.0964. The topological polar surface area (TPSA) is 113 Å². The van der Waals surface area contributed by atoms with Crippen molar-refractivity contribution >= 4 is 38.6 Å². The number of rotatable bonds is 12. The highest BCUT2D eigenvalue weighted by atomic mass is 32.2. The van der Waals surface area contributed by atoms with E-state index in [0.29, 0.717) is 53.8 Å². The number of carbonyl (C=O) groups excluding carboxylic acids is 1. The molecule has 1 saturated heterocycles. The molecule has 0 aliphatic carbocycles. The fourth-order valence-electron chi connectivity index (χ4n) is 5.09. The van der Waals surface area contributed by atoms with Crippen molar-refractivity contribution in [2.75, 3.05) is 38.1 Å². The van der Waals surface area contributed by atoms with Crippen molar-refractivity contribution in [2.24, 2.45) is 0 Å². The maximum Gasteiger partial charge on any atom is 0.217 e. The molecule has 1 fully saturated rings. The number of ketones is 1. The maximum atomic E-state index is 13.5. The Morgan fingerprint density at radius 2 is 1.95 bits per heavy atom. The van der Waals surface area contributed by atoms with Gasteiger partial charge < -0.3 is 9.80 Å². The standard InChI is InChI=1S/C28H35N7O3S2/c1-5-33(6-2)19(3)9-10-25(36)20-14-24(31-27(15-20)34-17-21(18-34)40(37,38)29-4)22-16-30-35-12-11-23(32-28(22)35)26-8-7-13-39-26/h7-8,11-16,19,21,29H,5-6,9-10,17-18H2,1-4H3/t19-/m0/s1. The second-order valence-corrected chi connectivity index (χ2v) is 13.1. The van der Waals surface area contributed by atoms with E-state index >= 15 is 0 Å². The third kappa shape index (κ3) is 5.67. The summed E-state index contributed by atoms with van der Waals surface area (Å²) in [6.45, 7) is 8.91. The molecule has 4 aromatic heterocycles. The molecule has 0 spiro atoms. The van der Waals surface area contributed by atoms with Crippen LogP contribution in [0.15, 0.2) is 48.1 Å². The van der Waals surface area contributed by atoms with E-state index < -0.39 is 15.3 Å². The van der Waals surface area contributed by atoms with E-state index in [4.69, 9.17) is 9.97 Å². The van der Waals surface area contributed by atoms with Gasteiger partial charge in [0.15, 0.2) is 11.4 Å². The van der Waals surface area contributed by atoms with Crippen LogP contribution in [0.4, 0.5) is 5.82 Å². The zero-order valence-corrected chi connectivity index (χ0v) is 24.9. The molecule has 1 aliphatic rings. The van der Waals surface area contributed by atoms with Gasteiger partial charge >= 0.3 is 0 Å². The SMILES string of the molecule is CCN(CC)[C@@H](C)CCC(=O)c1cc(-c2cnn3ccc(-c4cccs4)nc23)nc(N2CC(S(=O)(=O)NC)C2)c1. The fraction of sp³-hybridized carbons (Fsp3) is 0.429. The van der Waals surface area contributed by atoms with E-state index in [1.54, 1.807) is 28.1 Å². The molecular weight excluding hydrogens is 546 g/mol. The number of hydrogen-bond donors (Lipinski definition) is 1. The van der Waals surface area contributed by atoms with Gasteiger partial charge in [-0.1, -0.05) is 19.9 Å². The Balaban J connectivity index is 1.50. The van der Waals surface area contributed by atoms with E-state index in [1.807, 2.05) is 40.7 Å². The normalized spacial score (nSPS) is 15.1. The van der Waals surface area contributed by atoms with Crippen LogP contribution < -0.4 is 9.62 Å². The zero-order valence-electron chi connectivity index (χ0n) is 23.2. The number of carbonyl (C=O) groups is 1. The summed E-state index contributed by atoms with van der Waals surface area (Å²) in [5.41, 5.74) is 3.34. The maximum absolute atomic E-state index is 13.5. The summed E-state index contributed by atoms with van der Waals surface area (Å²) in [6.07, 6.45) is 4.75. The molecule has 0 saturated carbocycles. The molecule has 1 atom stereocenters. The van der Waals surface area contributed by atoms with Crippen molar-refractivity contribution in [3.63, 3.8) is 0 Å². The summed E-state index contributed by atoms with van der Waals surface area (Å²) < 4.78 is 28.7. The van der Waals surface area contributed by atoms with Crippen LogP contribution >= 0.6 is 11.3 Å². The van der Waals surface area contributed by atoms with Crippen LogP contribution in [0.25, 0.3) is 27.5 Å². The van der Waals surface area contributed by atoms with E-state index in [2.05, 4.69) is 35.5 Å². The lowest BCUT2D eigenvalue weighted by atomic mass is 10.0. The van der Waals surface area contributed by atoms with Crippen molar-refractivity contribution in [3.8, 4) is 21.8 Å². The first-order valence-electron chi connectivity index (χ1n) is 13.6. The third-order valence-corrected chi connectivity index (χ3v) is 10.3. The Hall–Kier alpha value is -3.19. The van der Waals surface area contributed by atoms with Gasteiger partial charge in [0.1, 0.15) is 11.1 Å². The summed E-state index contributed by atoms with van der Waals surface area (Å²) >= 11 is 1.61. The van der Waals surface area contributed by atoms with Gasteiger partial charge in [-0.15, -0.1) is 11.3 Å². The number of aromatic nitrogens is 4. The number of thiophene rings is 1. The Labute approximate surface area is 239 Å². The molecule has 5 heterocycles. The van der Waals surface area contributed by atoms with Crippen LogP contribution in [-0.2, 0) is 10.0 Å². The minimum Gasteiger partial charge on any atom is -0.354 e. The van der Waals surface area contributed by atoms with Gasteiger partial charge in [-0.3, -0.25) is 4.79 Å². The second-order valence-electron chi connectivity index (χ2n) is 10.0. The van der Waals surface area contributed by atoms with Crippen LogP contribution in [-0.4, -0.2) is 83.2 Å². The van der Waals surface area contributed by atoms with E-state index in [1.165, 1.54) is 7.05 Å². The molecule has 0 aromatic carbocycles. The van der Waals surface area contributed by atoms with Crippen molar-refractivity contribution < 1.29 is 13.2 Å². The lowest BCUT2D eigenvalue weighted by Crippen LogP contribution is -2.57. The predicted molar refractivity (Wildman–Crippen MR) is 159 cm³/mol. The first-order valence-corrected chi connectivity index (χ1v) is 16.0. The molecule has 40 heavy (non-hydrogen) atoms. The van der Waals surface area contributed by atoms with Gasteiger partial charge in [-0.25, -0.2) is 27.6 Å². The van der Waals surface area contributed by atoms with Crippen LogP contribution in [0, 0.1) is 0 Å². The molecule has 0 radical (unpaired) electrons. The molecule has 1 aliphatic heterocycles. The molecule has 12 heteroatoms. The number of anilines is 1. The smallest absolute Gasteiger partial charge is 0.217 e. The quantitative estimate of drug-likeness (QED) is 0.250. The minimum absolute atomic E-state index is 0.0348. The molecule has 0 amide bonds. The number of hydrogen-bond acceptors (Lipinski definition) is 9. The van der Waals surface area contributed by atoms with Gasteiger partial charge in [0.2, 0.25) is 10.0 Å². The predicted octanol–water partition coefficient (Wildman–Crippen LogP) is 3.95. The van der Waals surface area contributed by atoms with Crippen LogP contribution in [0.3, 0.4) is 0 Å². The molecule has 10 nitrogen and oxygen atoms in total. The molecule has 0 unspecified atom stereocenters. The first kappa shape index (κ1) is 28.3. The highest BCUT2D eigenvalue weighted by Crippen LogP contribution is 2.31. The van der Waals surface area contributed by atoms with Crippen molar-refractivity contribution in [2.45, 2.75) is 44.9 Å². The summed E-state index contributed by atoms with van der Waals surface area (Å²) in [5, 5.41) is 5.97.